The van der Waals surface area contributed by atoms with Crippen LogP contribution in [-0.2, 0) is 36.4 Å². The van der Waals surface area contributed by atoms with Crippen molar-refractivity contribution in [3.05, 3.63) is 92.9 Å². The number of fused-ring (bicyclic) bond motifs is 1. The predicted octanol–water partition coefficient (Wildman–Crippen LogP) is 6.47. The number of rotatable bonds is 21. The number of nitro benzene ring substituents is 1. The van der Waals surface area contributed by atoms with Gasteiger partial charge in [-0.3, -0.25) is 29.2 Å². The molecule has 0 radical (unpaired) electrons. The lowest BCUT2D eigenvalue weighted by Crippen LogP contribution is -2.25. The molecule has 3 heterocycles. The maximum Gasteiger partial charge on any atom is 0.490 e. The molecule has 31 heteroatoms. The fourth-order valence-electron chi connectivity index (χ4n) is 6.62. The Bertz CT molecular complexity index is 3060. The molecule has 5 aromatic rings. The van der Waals surface area contributed by atoms with E-state index in [0.29, 0.717) is 47.2 Å². The molecule has 1 aliphatic heterocycles. The third-order valence-corrected chi connectivity index (χ3v) is 13.6. The van der Waals surface area contributed by atoms with Crippen LogP contribution < -0.4 is 31.0 Å². The molecule has 1 amide bonds. The number of aromatic nitrogens is 3. The van der Waals surface area contributed by atoms with Gasteiger partial charge >= 0.3 is 23.5 Å². The monoisotopic (exact) mass is 1030 g/mol. The first-order valence-corrected chi connectivity index (χ1v) is 24.9. The molecule has 6 rings (SSSR count). The van der Waals surface area contributed by atoms with Crippen LogP contribution in [0, 0.1) is 22.0 Å². The molecule has 28 nitrogen and oxygen atoms in total. The number of nitrogen functional groups attached to an aromatic ring is 1. The summed E-state index contributed by atoms with van der Waals surface area (Å²) in [6.45, 7) is -0.191. The summed E-state index contributed by atoms with van der Waals surface area (Å²) >= 11 is 0. The summed E-state index contributed by atoms with van der Waals surface area (Å²) in [4.78, 5) is 81.3. The van der Waals surface area contributed by atoms with E-state index in [1.54, 1.807) is 24.3 Å². The van der Waals surface area contributed by atoms with E-state index in [2.05, 4.69) is 60.7 Å². The van der Waals surface area contributed by atoms with Crippen LogP contribution in [0.1, 0.15) is 37.5 Å². The predicted molar refractivity (Wildman–Crippen MR) is 248 cm³/mol. The van der Waals surface area contributed by atoms with E-state index in [0.717, 1.165) is 5.69 Å². The lowest BCUT2D eigenvalue weighted by molar-refractivity contribution is -0.384. The molecule has 4 atom stereocenters. The van der Waals surface area contributed by atoms with Gasteiger partial charge in [0.2, 0.25) is 11.9 Å². The van der Waals surface area contributed by atoms with Gasteiger partial charge in [0, 0.05) is 56.2 Å². The first-order valence-electron chi connectivity index (χ1n) is 20.4. The molecule has 1 aliphatic rings. The van der Waals surface area contributed by atoms with Gasteiger partial charge < -0.3 is 54.3 Å². The Hall–Kier alpha value is -6.72. The number of nitrogens with one attached hydrogen (secondary N) is 2. The second-order valence-corrected chi connectivity index (χ2v) is 19.2. The Balaban J connectivity index is 0.982. The lowest BCUT2D eigenvalue weighted by atomic mass is 10.2. The van der Waals surface area contributed by atoms with Crippen LogP contribution in [0.2, 0.25) is 0 Å². The number of anilines is 2. The summed E-state index contributed by atoms with van der Waals surface area (Å²) in [5, 5.41) is 30.7. The number of phosphoric acid groups is 3. The van der Waals surface area contributed by atoms with Crippen LogP contribution >= 0.6 is 23.5 Å². The number of non-ortho nitro benzene ring substituents is 1. The summed E-state index contributed by atoms with van der Waals surface area (Å²) < 4.78 is 65.2. The van der Waals surface area contributed by atoms with E-state index in [1.165, 1.54) is 49.2 Å². The van der Waals surface area contributed by atoms with E-state index >= 15 is 0 Å². The largest absolute Gasteiger partial charge is 0.494 e. The standard InChI is InChI=1S/C39H44N11O17P3/c1-48(27-12-8-25(9-13-27)44-46-30-20-33(63-3)31(21-32(30)62-2)47-45-26-10-14-28(15-11-26)50(53)54)19-5-7-34(51)41-18-4-6-24-22-49(37-36(24)38(52)43-39(40)42-37)35-17-16-29(65-35)23-64-69(58,59)67-70(60,61)66-68(55,56)57/h8-15,20-22,29,35H,5,7,16-19,23H2,1-3H3,(H,41,51)(H,58,59)(H,60,61)(H2,55,56,57)(H3,40,42,43,52)/t29-,35+/m0/s1. The molecule has 0 saturated carbocycles. The number of nitrogens with zero attached hydrogens (tertiary/aromatic N) is 8. The highest BCUT2D eigenvalue weighted by Gasteiger charge is 2.41. The van der Waals surface area contributed by atoms with Gasteiger partial charge in [0.1, 0.15) is 29.1 Å². The Morgan fingerprint density at radius 2 is 1.59 bits per heavy atom. The van der Waals surface area contributed by atoms with Gasteiger partial charge in [-0.15, -0.1) is 10.2 Å². The number of carbonyl (C=O) groups excluding carboxylic acids is 1. The molecule has 70 heavy (non-hydrogen) atoms. The Morgan fingerprint density at radius 3 is 2.17 bits per heavy atom. The average molecular weight is 1030 g/mol. The minimum absolute atomic E-state index is 0.0571. The quantitative estimate of drug-likeness (QED) is 0.0136. The fraction of sp³-hybridized carbons (Fsp3) is 0.308. The van der Waals surface area contributed by atoms with E-state index in [9.17, 15) is 43.2 Å². The number of carbonyl (C=O) groups is 1. The molecule has 1 saturated heterocycles. The summed E-state index contributed by atoms with van der Waals surface area (Å²) in [7, 11) is -11.9. The number of nitrogens with two attached hydrogens (primary N) is 1. The summed E-state index contributed by atoms with van der Waals surface area (Å²) in [6.07, 6.45) is 0.916. The zero-order chi connectivity index (χ0) is 50.8. The molecule has 2 unspecified atom stereocenters. The number of benzene rings is 3. The topological polar surface area (TPSA) is 389 Å². The molecular weight excluding hydrogens is 987 g/mol. The molecule has 3 aromatic carbocycles. The van der Waals surface area contributed by atoms with Gasteiger partial charge in [0.05, 0.1) is 60.7 Å². The molecule has 2 aromatic heterocycles. The SMILES string of the molecule is COc1cc(N=Nc2ccc([N+](=O)[O-])cc2)c(OC)cc1N=Nc1ccc(N(C)CCCC(=O)NCC#Cc2cn([C@H]3CC[C@@H](COP(=O)(O)OP(=O)(O)OP(=O)(O)O)O3)c3nc(N)[nH]c(=O)c23)cc1. The van der Waals surface area contributed by atoms with Crippen molar-refractivity contribution in [2.45, 2.75) is 38.0 Å². The number of amides is 1. The first-order chi connectivity index (χ1) is 33.1. The van der Waals surface area contributed by atoms with Gasteiger partial charge in [0.15, 0.2) is 5.65 Å². The maximum absolute atomic E-state index is 13.0. The Kier molecular flexibility index (Phi) is 17.1. The molecule has 0 spiro atoms. The highest BCUT2D eigenvalue weighted by Crippen LogP contribution is 2.66. The third-order valence-electron chi connectivity index (χ3n) is 9.81. The average Bonchev–Trinajstić information content (AvgIpc) is 3.92. The van der Waals surface area contributed by atoms with Crippen molar-refractivity contribution in [3.63, 3.8) is 0 Å². The van der Waals surface area contributed by atoms with Gasteiger partial charge in [-0.1, -0.05) is 11.8 Å². The Morgan fingerprint density at radius 1 is 0.971 bits per heavy atom. The number of H-pyrrole nitrogens is 1. The second kappa shape index (κ2) is 22.8. The van der Waals surface area contributed by atoms with Crippen LogP contribution in [0.15, 0.2) is 92.1 Å². The van der Waals surface area contributed by atoms with Crippen LogP contribution in [0.4, 0.5) is 40.1 Å². The number of hydrogen-bond acceptors (Lipinski definition) is 20. The van der Waals surface area contributed by atoms with E-state index in [-0.39, 0.29) is 59.9 Å². The summed E-state index contributed by atoms with van der Waals surface area (Å²) in [6, 6.07) is 16.0. The number of methoxy groups -OCH3 is 2. The van der Waals surface area contributed by atoms with Crippen molar-refractivity contribution >= 4 is 80.5 Å². The summed E-state index contributed by atoms with van der Waals surface area (Å²) in [5.74, 6) is 5.89. The molecule has 372 valence electrons. The fourth-order valence-corrected chi connectivity index (χ4v) is 9.67. The number of nitro groups is 1. The minimum atomic E-state index is -5.71. The third kappa shape index (κ3) is 14.7. The lowest BCUT2D eigenvalue weighted by Gasteiger charge is -2.19. The number of azo groups is 2. The number of hydrogen-bond donors (Lipinski definition) is 7. The van der Waals surface area contributed by atoms with Crippen molar-refractivity contribution in [1.29, 1.82) is 0 Å². The number of ether oxygens (including phenoxy) is 3. The summed E-state index contributed by atoms with van der Waals surface area (Å²) in [5.41, 5.74) is 7.96. The molecule has 8 N–H and O–H groups in total. The number of aromatic amines is 1. The van der Waals surface area contributed by atoms with Crippen LogP contribution in [0.3, 0.4) is 0 Å². The van der Waals surface area contributed by atoms with Gasteiger partial charge in [0.25, 0.3) is 11.2 Å². The van der Waals surface area contributed by atoms with Crippen molar-refractivity contribution in [3.8, 4) is 23.3 Å². The number of phosphoric ester groups is 1. The minimum Gasteiger partial charge on any atom is -0.494 e. The van der Waals surface area contributed by atoms with Crippen LogP contribution in [-0.4, -0.2) is 92.0 Å². The maximum atomic E-state index is 13.0. The molecular formula is C39H44N11O17P3. The van der Waals surface area contributed by atoms with Crippen molar-refractivity contribution in [1.82, 2.24) is 19.9 Å². The smallest absolute Gasteiger partial charge is 0.490 e. The van der Waals surface area contributed by atoms with Gasteiger partial charge in [-0.25, -0.2) is 13.7 Å². The van der Waals surface area contributed by atoms with Crippen LogP contribution in [0.5, 0.6) is 11.5 Å². The van der Waals surface area contributed by atoms with E-state index < -0.39 is 52.9 Å². The normalized spacial score (nSPS) is 16.7. The zero-order valence-electron chi connectivity index (χ0n) is 37.0. The second-order valence-electron chi connectivity index (χ2n) is 14.8. The van der Waals surface area contributed by atoms with E-state index in [1.807, 2.05) is 24.1 Å². The van der Waals surface area contributed by atoms with Gasteiger partial charge in [-0.2, -0.15) is 23.8 Å². The van der Waals surface area contributed by atoms with Gasteiger partial charge in [-0.05, 0) is 55.7 Å². The van der Waals surface area contributed by atoms with Crippen molar-refractivity contribution < 1.29 is 70.3 Å². The van der Waals surface area contributed by atoms with E-state index in [4.69, 9.17) is 29.7 Å². The Labute approximate surface area is 396 Å². The highest BCUT2D eigenvalue weighted by molar-refractivity contribution is 7.66. The van der Waals surface area contributed by atoms with Crippen molar-refractivity contribution in [2.24, 2.45) is 20.5 Å². The zero-order valence-corrected chi connectivity index (χ0v) is 39.7. The highest BCUT2D eigenvalue weighted by atomic mass is 31.3. The molecule has 0 bridgehead atoms. The first kappa shape index (κ1) is 52.6. The molecule has 0 aliphatic carbocycles. The van der Waals surface area contributed by atoms with Crippen molar-refractivity contribution in [2.75, 3.05) is 51.6 Å². The molecule has 1 fully saturated rings. The van der Waals surface area contributed by atoms with Crippen LogP contribution in [0.25, 0.3) is 11.0 Å².